The lowest BCUT2D eigenvalue weighted by atomic mass is 10.2. The molecule has 1 radical (unpaired) electrons. The number of rotatable bonds is 2. The minimum Gasteiger partial charge on any atom is -0.393 e. The average Bonchev–Trinajstić information content (AvgIpc) is 2.65. The van der Waals surface area contributed by atoms with E-state index in [2.05, 4.69) is 4.98 Å². The molecule has 0 unspecified atom stereocenters. The van der Waals surface area contributed by atoms with Crippen LogP contribution >= 0.6 is 0 Å². The number of aromatic amines is 1. The van der Waals surface area contributed by atoms with Crippen LogP contribution in [0.15, 0.2) is 15.8 Å². The molecule has 2 atom stereocenters. The Kier molecular flexibility index (Phi) is 3.14. The van der Waals surface area contributed by atoms with Crippen molar-refractivity contribution >= 4 is 0 Å². The topological polar surface area (TPSA) is 105 Å². The number of nitrogens with one attached hydrogen (secondary N) is 1. The van der Waals surface area contributed by atoms with Gasteiger partial charge in [0, 0.05) is 18.2 Å². The van der Waals surface area contributed by atoms with Crippen LogP contribution in [0, 0.1) is 13.0 Å². The lowest BCUT2D eigenvalue weighted by molar-refractivity contribution is 0.0231. The van der Waals surface area contributed by atoms with Gasteiger partial charge in [0.2, 0.25) is 0 Å². The van der Waals surface area contributed by atoms with Gasteiger partial charge in [0.15, 0.2) is 6.10 Å². The molecule has 1 saturated heterocycles. The van der Waals surface area contributed by atoms with Gasteiger partial charge in [-0.3, -0.25) is 14.3 Å². The van der Waals surface area contributed by atoms with Crippen molar-refractivity contribution < 1.29 is 14.9 Å². The van der Waals surface area contributed by atoms with Gasteiger partial charge in [-0.05, 0) is 6.92 Å². The molecule has 3 N–H and O–H groups in total. The van der Waals surface area contributed by atoms with Gasteiger partial charge < -0.3 is 14.9 Å². The second-order valence-electron chi connectivity index (χ2n) is 3.93. The third kappa shape index (κ3) is 2.17. The molecule has 1 aliphatic heterocycles. The van der Waals surface area contributed by atoms with E-state index in [9.17, 15) is 14.7 Å². The molecule has 7 nitrogen and oxygen atoms in total. The van der Waals surface area contributed by atoms with Gasteiger partial charge >= 0.3 is 5.69 Å². The number of aryl methyl sites for hydroxylation is 1. The Morgan fingerprint density at radius 2 is 2.29 bits per heavy atom. The van der Waals surface area contributed by atoms with E-state index >= 15 is 0 Å². The summed E-state index contributed by atoms with van der Waals surface area (Å²) in [4.78, 5) is 24.9. The molecule has 1 aromatic heterocycles. The number of hydrogen-bond acceptors (Lipinski definition) is 5. The maximum absolute atomic E-state index is 11.6. The Bertz CT molecular complexity index is 520. The molecule has 0 bridgehead atoms. The number of hydrogen-bond donors (Lipinski definition) is 3. The molecule has 2 heterocycles. The summed E-state index contributed by atoms with van der Waals surface area (Å²) in [7, 11) is 0. The van der Waals surface area contributed by atoms with Crippen molar-refractivity contribution in [1.29, 1.82) is 0 Å². The van der Waals surface area contributed by atoms with Crippen LogP contribution in [-0.2, 0) is 4.74 Å². The third-order valence-electron chi connectivity index (χ3n) is 2.70. The quantitative estimate of drug-likeness (QED) is 0.593. The monoisotopic (exact) mass is 241 g/mol. The fourth-order valence-electron chi connectivity index (χ4n) is 1.74. The first-order valence-electron chi connectivity index (χ1n) is 5.16. The van der Waals surface area contributed by atoms with E-state index in [-0.39, 0.29) is 12.5 Å². The highest BCUT2D eigenvalue weighted by Gasteiger charge is 2.36. The van der Waals surface area contributed by atoms with Crippen LogP contribution in [0.25, 0.3) is 0 Å². The van der Waals surface area contributed by atoms with E-state index < -0.39 is 30.2 Å². The van der Waals surface area contributed by atoms with Gasteiger partial charge in [-0.1, -0.05) is 0 Å². The maximum atomic E-state index is 11.6. The second-order valence-corrected chi connectivity index (χ2v) is 3.93. The summed E-state index contributed by atoms with van der Waals surface area (Å²) in [5, 5.41) is 18.4. The molecule has 17 heavy (non-hydrogen) atoms. The second kappa shape index (κ2) is 4.44. The molecular weight excluding hydrogens is 228 g/mol. The van der Waals surface area contributed by atoms with Crippen molar-refractivity contribution in [2.75, 3.05) is 6.61 Å². The first-order valence-corrected chi connectivity index (χ1v) is 5.16. The number of nitrogens with zero attached hydrogens (tertiary/aromatic N) is 1. The lowest BCUT2D eigenvalue weighted by Gasteiger charge is -2.13. The molecular formula is C10H13N2O5. The van der Waals surface area contributed by atoms with Crippen LogP contribution in [0.1, 0.15) is 18.2 Å². The molecule has 0 spiro atoms. The fourth-order valence-corrected chi connectivity index (χ4v) is 1.74. The Balaban J connectivity index is 2.34. The van der Waals surface area contributed by atoms with Gasteiger partial charge in [0.05, 0.1) is 12.7 Å². The molecule has 7 heteroatoms. The van der Waals surface area contributed by atoms with Gasteiger partial charge in [-0.2, -0.15) is 0 Å². The molecule has 1 aromatic rings. The summed E-state index contributed by atoms with van der Waals surface area (Å²) in [5.41, 5.74) is -0.673. The zero-order valence-electron chi connectivity index (χ0n) is 9.21. The summed E-state index contributed by atoms with van der Waals surface area (Å²) in [6.45, 7) is 1.17. The van der Waals surface area contributed by atoms with E-state index in [1.54, 1.807) is 6.92 Å². The summed E-state index contributed by atoms with van der Waals surface area (Å²) in [5.74, 6) is 0. The first kappa shape index (κ1) is 12.0. The number of H-pyrrole nitrogens is 1. The summed E-state index contributed by atoms with van der Waals surface area (Å²) in [6.07, 6.45) is 0.0743. The minimum absolute atomic E-state index is 0.130. The minimum atomic E-state index is -0.899. The van der Waals surface area contributed by atoms with Crippen LogP contribution < -0.4 is 11.2 Å². The Labute approximate surface area is 96.3 Å². The number of ether oxygens (including phenoxy) is 1. The van der Waals surface area contributed by atoms with Crippen molar-refractivity contribution in [1.82, 2.24) is 9.55 Å². The highest BCUT2D eigenvalue weighted by atomic mass is 16.5. The highest BCUT2D eigenvalue weighted by Crippen LogP contribution is 2.31. The Morgan fingerprint density at radius 1 is 1.59 bits per heavy atom. The van der Waals surface area contributed by atoms with Gasteiger partial charge in [0.1, 0.15) is 6.23 Å². The van der Waals surface area contributed by atoms with Crippen molar-refractivity contribution in [3.63, 3.8) is 0 Å². The van der Waals surface area contributed by atoms with Crippen LogP contribution in [-0.4, -0.2) is 32.5 Å². The predicted octanol–water partition coefficient (Wildman–Crippen LogP) is -1.35. The highest BCUT2D eigenvalue weighted by molar-refractivity contribution is 5.03. The van der Waals surface area contributed by atoms with Crippen molar-refractivity contribution in [3.05, 3.63) is 38.7 Å². The van der Waals surface area contributed by atoms with Gasteiger partial charge in [-0.15, -0.1) is 0 Å². The molecule has 0 aromatic carbocycles. The molecule has 1 fully saturated rings. The predicted molar refractivity (Wildman–Crippen MR) is 57.1 cm³/mol. The van der Waals surface area contributed by atoms with Crippen molar-refractivity contribution in [2.45, 2.75) is 25.7 Å². The van der Waals surface area contributed by atoms with Crippen molar-refractivity contribution in [3.8, 4) is 0 Å². The van der Waals surface area contributed by atoms with Crippen molar-refractivity contribution in [2.24, 2.45) is 0 Å². The van der Waals surface area contributed by atoms with E-state index in [1.807, 2.05) is 0 Å². The van der Waals surface area contributed by atoms with Crippen LogP contribution in [0.5, 0.6) is 0 Å². The number of aromatic nitrogens is 2. The maximum Gasteiger partial charge on any atom is 0.330 e. The molecule has 0 aliphatic carbocycles. The van der Waals surface area contributed by atoms with Crippen LogP contribution in [0.3, 0.4) is 0 Å². The summed E-state index contributed by atoms with van der Waals surface area (Å²) in [6, 6.07) is 0. The molecule has 1 aliphatic rings. The van der Waals surface area contributed by atoms with Gasteiger partial charge in [-0.25, -0.2) is 4.79 Å². The number of aliphatic hydroxyl groups excluding tert-OH is 2. The summed E-state index contributed by atoms with van der Waals surface area (Å²) >= 11 is 0. The third-order valence-corrected chi connectivity index (χ3v) is 2.70. The lowest BCUT2D eigenvalue weighted by Crippen LogP contribution is -2.33. The zero-order chi connectivity index (χ0) is 12.6. The van der Waals surface area contributed by atoms with E-state index in [0.29, 0.717) is 5.56 Å². The Morgan fingerprint density at radius 3 is 2.88 bits per heavy atom. The molecule has 0 saturated carbocycles. The normalized spacial score (nSPS) is 25.4. The zero-order valence-corrected chi connectivity index (χ0v) is 9.21. The molecule has 93 valence electrons. The summed E-state index contributed by atoms with van der Waals surface area (Å²) < 4.78 is 6.44. The fraction of sp³-hybridized carbons (Fsp3) is 0.500. The van der Waals surface area contributed by atoms with Crippen LogP contribution in [0.4, 0.5) is 0 Å². The largest absolute Gasteiger partial charge is 0.393 e. The SMILES string of the molecule is Cc1cn([C@H]2C[C@H](O)[C](CO)O2)c(=O)[nH]c1=O. The van der Waals surface area contributed by atoms with Gasteiger partial charge in [0.25, 0.3) is 5.56 Å². The standard InChI is InChI=1S/C10H13N2O5/c1-5-3-12(10(16)11-9(5)15)8-2-6(14)7(4-13)17-8/h3,6,8,13-14H,2,4H2,1H3,(H,11,15,16)/t6-,8+/m0/s1. The van der Waals surface area contributed by atoms with E-state index in [4.69, 9.17) is 9.84 Å². The van der Waals surface area contributed by atoms with E-state index in [1.165, 1.54) is 10.8 Å². The average molecular weight is 241 g/mol. The molecule has 2 rings (SSSR count). The Hall–Kier alpha value is -1.44. The first-order chi connectivity index (χ1) is 8.02. The van der Waals surface area contributed by atoms with E-state index in [0.717, 1.165) is 0 Å². The number of aliphatic hydroxyl groups is 2. The molecule has 0 amide bonds. The van der Waals surface area contributed by atoms with Crippen LogP contribution in [0.2, 0.25) is 0 Å². The smallest absolute Gasteiger partial charge is 0.330 e.